The molecule has 0 aromatic heterocycles. The third-order valence-electron chi connectivity index (χ3n) is 3.46. The van der Waals surface area contributed by atoms with Gasteiger partial charge in [-0.25, -0.2) is 13.1 Å². The molecule has 1 aromatic rings. The molecular formula is C13H19ClN2O2S. The lowest BCUT2D eigenvalue weighted by molar-refractivity contribution is 0.519. The summed E-state index contributed by atoms with van der Waals surface area (Å²) >= 11 is 5.96. The van der Waals surface area contributed by atoms with E-state index in [0.29, 0.717) is 17.5 Å². The van der Waals surface area contributed by atoms with Gasteiger partial charge in [-0.05, 0) is 56.5 Å². The highest BCUT2D eigenvalue weighted by Gasteiger charge is 2.17. The van der Waals surface area contributed by atoms with Crippen LogP contribution < -0.4 is 10.0 Å². The lowest BCUT2D eigenvalue weighted by Gasteiger charge is -2.10. The van der Waals surface area contributed by atoms with Crippen LogP contribution in [-0.4, -0.2) is 28.1 Å². The fraction of sp³-hybridized carbons (Fsp3) is 0.538. The molecule has 0 spiro atoms. The molecule has 2 N–H and O–H groups in total. The first-order valence-corrected chi connectivity index (χ1v) is 8.32. The quantitative estimate of drug-likeness (QED) is 0.874. The van der Waals surface area contributed by atoms with Crippen molar-refractivity contribution in [3.8, 4) is 0 Å². The zero-order valence-corrected chi connectivity index (χ0v) is 12.5. The summed E-state index contributed by atoms with van der Waals surface area (Å²) in [7, 11) is -3.45. The van der Waals surface area contributed by atoms with Crippen molar-refractivity contribution in [3.63, 3.8) is 0 Å². The fourth-order valence-corrected chi connectivity index (χ4v) is 3.50. The molecule has 1 saturated heterocycles. The molecule has 0 bridgehead atoms. The monoisotopic (exact) mass is 302 g/mol. The van der Waals surface area contributed by atoms with E-state index < -0.39 is 10.0 Å². The highest BCUT2D eigenvalue weighted by molar-refractivity contribution is 7.89. The molecule has 19 heavy (non-hydrogen) atoms. The van der Waals surface area contributed by atoms with Gasteiger partial charge in [0.1, 0.15) is 0 Å². The van der Waals surface area contributed by atoms with Gasteiger partial charge in [0.2, 0.25) is 10.0 Å². The SMILES string of the molecule is Cc1ccc(S(=O)(=O)NCCC2CCNC2)cc1Cl. The first-order valence-electron chi connectivity index (χ1n) is 6.45. The molecule has 1 heterocycles. The van der Waals surface area contributed by atoms with E-state index >= 15 is 0 Å². The number of hydrogen-bond donors (Lipinski definition) is 2. The Morgan fingerprint density at radius 2 is 2.26 bits per heavy atom. The molecule has 1 aliphatic heterocycles. The standard InChI is InChI=1S/C13H19ClN2O2S/c1-10-2-3-12(8-13(10)14)19(17,18)16-7-5-11-4-6-15-9-11/h2-3,8,11,15-16H,4-7,9H2,1H3. The Morgan fingerprint density at radius 3 is 2.89 bits per heavy atom. The van der Waals surface area contributed by atoms with Crippen LogP contribution in [0.5, 0.6) is 0 Å². The molecule has 1 atom stereocenters. The van der Waals surface area contributed by atoms with Crippen LogP contribution in [-0.2, 0) is 10.0 Å². The van der Waals surface area contributed by atoms with E-state index in [1.165, 1.54) is 6.07 Å². The molecule has 1 aromatic carbocycles. The molecule has 0 aliphatic carbocycles. The zero-order valence-electron chi connectivity index (χ0n) is 10.9. The van der Waals surface area contributed by atoms with Crippen LogP contribution in [0.25, 0.3) is 0 Å². The van der Waals surface area contributed by atoms with E-state index in [9.17, 15) is 8.42 Å². The molecular weight excluding hydrogens is 284 g/mol. The molecule has 0 saturated carbocycles. The van der Waals surface area contributed by atoms with Crippen LogP contribution in [0.1, 0.15) is 18.4 Å². The van der Waals surface area contributed by atoms with Gasteiger partial charge in [0, 0.05) is 11.6 Å². The van der Waals surface area contributed by atoms with Crippen LogP contribution in [0, 0.1) is 12.8 Å². The van der Waals surface area contributed by atoms with Crippen LogP contribution in [0.2, 0.25) is 5.02 Å². The predicted molar refractivity (Wildman–Crippen MR) is 77.0 cm³/mol. The summed E-state index contributed by atoms with van der Waals surface area (Å²) in [6.45, 7) is 4.34. The van der Waals surface area contributed by atoms with Gasteiger partial charge in [0.15, 0.2) is 0 Å². The molecule has 0 amide bonds. The predicted octanol–water partition coefficient (Wildman–Crippen LogP) is 1.93. The van der Waals surface area contributed by atoms with E-state index in [-0.39, 0.29) is 4.90 Å². The molecule has 1 unspecified atom stereocenters. The van der Waals surface area contributed by atoms with Crippen molar-refractivity contribution in [1.29, 1.82) is 0 Å². The Morgan fingerprint density at radius 1 is 1.47 bits per heavy atom. The van der Waals surface area contributed by atoms with Gasteiger partial charge in [-0.2, -0.15) is 0 Å². The van der Waals surface area contributed by atoms with Crippen LogP contribution >= 0.6 is 11.6 Å². The summed E-state index contributed by atoms with van der Waals surface area (Å²) in [6, 6.07) is 4.80. The second-order valence-electron chi connectivity index (χ2n) is 4.96. The summed E-state index contributed by atoms with van der Waals surface area (Å²) in [4.78, 5) is 0.229. The average Bonchev–Trinajstić information content (AvgIpc) is 2.85. The van der Waals surface area contributed by atoms with Crippen molar-refractivity contribution in [2.24, 2.45) is 5.92 Å². The first-order chi connectivity index (χ1) is 8.99. The van der Waals surface area contributed by atoms with Crippen molar-refractivity contribution >= 4 is 21.6 Å². The number of benzene rings is 1. The number of sulfonamides is 1. The Kier molecular flexibility index (Phi) is 4.84. The van der Waals surface area contributed by atoms with Crippen molar-refractivity contribution in [2.75, 3.05) is 19.6 Å². The molecule has 4 nitrogen and oxygen atoms in total. The number of hydrogen-bond acceptors (Lipinski definition) is 3. The minimum Gasteiger partial charge on any atom is -0.316 e. The third kappa shape index (κ3) is 3.92. The second-order valence-corrected chi connectivity index (χ2v) is 7.13. The van der Waals surface area contributed by atoms with E-state index in [1.807, 2.05) is 6.92 Å². The minimum atomic E-state index is -3.45. The molecule has 106 valence electrons. The maximum atomic E-state index is 12.1. The van der Waals surface area contributed by atoms with Gasteiger partial charge >= 0.3 is 0 Å². The third-order valence-corrected chi connectivity index (χ3v) is 5.33. The summed E-state index contributed by atoms with van der Waals surface area (Å²) in [5, 5.41) is 3.75. The Labute approximate surface area is 119 Å². The van der Waals surface area contributed by atoms with E-state index in [2.05, 4.69) is 10.0 Å². The Bertz CT molecular complexity index is 540. The summed E-state index contributed by atoms with van der Waals surface area (Å²) < 4.78 is 26.8. The molecule has 1 aliphatic rings. The Hall–Kier alpha value is -0.620. The maximum Gasteiger partial charge on any atom is 0.240 e. The maximum absolute atomic E-state index is 12.1. The highest BCUT2D eigenvalue weighted by atomic mass is 35.5. The largest absolute Gasteiger partial charge is 0.316 e. The lowest BCUT2D eigenvalue weighted by Crippen LogP contribution is -2.26. The number of nitrogens with one attached hydrogen (secondary N) is 2. The summed E-state index contributed by atoms with van der Waals surface area (Å²) in [6.07, 6.45) is 1.99. The number of rotatable bonds is 5. The summed E-state index contributed by atoms with van der Waals surface area (Å²) in [5.74, 6) is 0.573. The van der Waals surface area contributed by atoms with Gasteiger partial charge in [-0.3, -0.25) is 0 Å². The molecule has 2 rings (SSSR count). The van der Waals surface area contributed by atoms with Gasteiger partial charge in [0.05, 0.1) is 4.90 Å². The Balaban J connectivity index is 1.95. The average molecular weight is 303 g/mol. The van der Waals surface area contributed by atoms with Gasteiger partial charge in [-0.1, -0.05) is 17.7 Å². The van der Waals surface area contributed by atoms with Gasteiger partial charge in [-0.15, -0.1) is 0 Å². The zero-order chi connectivity index (χ0) is 13.9. The van der Waals surface area contributed by atoms with Crippen molar-refractivity contribution in [3.05, 3.63) is 28.8 Å². The second kappa shape index (κ2) is 6.22. The van der Waals surface area contributed by atoms with Crippen LogP contribution in [0.3, 0.4) is 0 Å². The van der Waals surface area contributed by atoms with E-state index in [0.717, 1.165) is 31.5 Å². The molecule has 0 radical (unpaired) electrons. The van der Waals surface area contributed by atoms with E-state index in [1.54, 1.807) is 12.1 Å². The normalized spacial score (nSPS) is 19.8. The van der Waals surface area contributed by atoms with Gasteiger partial charge < -0.3 is 5.32 Å². The number of halogens is 1. The van der Waals surface area contributed by atoms with Crippen LogP contribution in [0.15, 0.2) is 23.1 Å². The smallest absolute Gasteiger partial charge is 0.240 e. The topological polar surface area (TPSA) is 58.2 Å². The van der Waals surface area contributed by atoms with Crippen molar-refractivity contribution in [1.82, 2.24) is 10.0 Å². The van der Waals surface area contributed by atoms with Crippen molar-refractivity contribution < 1.29 is 8.42 Å². The minimum absolute atomic E-state index is 0.229. The molecule has 1 fully saturated rings. The van der Waals surface area contributed by atoms with Crippen molar-refractivity contribution in [2.45, 2.75) is 24.7 Å². The summed E-state index contributed by atoms with van der Waals surface area (Å²) in [5.41, 5.74) is 0.873. The molecule has 6 heteroatoms. The van der Waals surface area contributed by atoms with Crippen LogP contribution in [0.4, 0.5) is 0 Å². The first kappa shape index (κ1) is 14.8. The number of aryl methyl sites for hydroxylation is 1. The van der Waals surface area contributed by atoms with Gasteiger partial charge in [0.25, 0.3) is 0 Å². The highest BCUT2D eigenvalue weighted by Crippen LogP contribution is 2.20. The van der Waals surface area contributed by atoms with E-state index in [4.69, 9.17) is 11.6 Å². The fourth-order valence-electron chi connectivity index (χ4n) is 2.18. The lowest BCUT2D eigenvalue weighted by atomic mass is 10.1.